The highest BCUT2D eigenvalue weighted by Crippen LogP contribution is 2.28. The van der Waals surface area contributed by atoms with Gasteiger partial charge in [-0.25, -0.2) is 12.8 Å². The number of carbonyl (C=O) groups is 1. The Morgan fingerprint density at radius 1 is 1.25 bits per heavy atom. The third-order valence-corrected chi connectivity index (χ3v) is 7.12. The summed E-state index contributed by atoms with van der Waals surface area (Å²) in [7, 11) is -3.07. The average molecular weight is 472 g/mol. The van der Waals surface area contributed by atoms with Gasteiger partial charge in [0.25, 0.3) is 5.91 Å². The summed E-state index contributed by atoms with van der Waals surface area (Å²) in [5, 5.41) is 14.3. The van der Waals surface area contributed by atoms with Gasteiger partial charge in [0.1, 0.15) is 21.3 Å². The van der Waals surface area contributed by atoms with Crippen LogP contribution in [-0.4, -0.2) is 47.5 Å². The smallest absolute Gasteiger partial charge is 0.333 e. The molecular weight excluding hydrogens is 452 g/mol. The van der Waals surface area contributed by atoms with E-state index in [1.54, 1.807) is 5.10 Å². The summed E-state index contributed by atoms with van der Waals surface area (Å²) in [6.07, 6.45) is -3.47. The van der Waals surface area contributed by atoms with E-state index in [0.29, 0.717) is 25.3 Å². The van der Waals surface area contributed by atoms with Crippen LogP contribution in [0.25, 0.3) is 0 Å². The van der Waals surface area contributed by atoms with E-state index >= 15 is 0 Å². The molecule has 1 N–H and O–H groups in total. The molecule has 1 fully saturated rings. The van der Waals surface area contributed by atoms with Crippen molar-refractivity contribution in [3.8, 4) is 6.07 Å². The van der Waals surface area contributed by atoms with E-state index in [0.717, 1.165) is 6.07 Å². The third kappa shape index (κ3) is 5.85. The molecule has 3 rings (SSSR count). The Balaban J connectivity index is 1.81. The lowest BCUT2D eigenvalue weighted by atomic mass is 9.98. The van der Waals surface area contributed by atoms with Crippen molar-refractivity contribution in [1.82, 2.24) is 15.1 Å². The maximum absolute atomic E-state index is 14.3. The fraction of sp³-hybridized carbons (Fsp3) is 0.450. The van der Waals surface area contributed by atoms with Gasteiger partial charge in [-0.2, -0.15) is 23.5 Å². The molecule has 1 amide bonds. The monoisotopic (exact) mass is 472 g/mol. The van der Waals surface area contributed by atoms with Crippen LogP contribution in [0.5, 0.6) is 0 Å². The fourth-order valence-electron chi connectivity index (χ4n) is 3.53. The number of carbonyl (C=O) groups excluding carboxylic acids is 1. The SMILES string of the molecule is N#Cc1ccc(F)c(CN(CCC2CCS(=O)(=O)CC2)C(=O)c2cc(C(F)(F)F)[nH]n2)c1. The predicted molar refractivity (Wildman–Crippen MR) is 105 cm³/mol. The molecule has 32 heavy (non-hydrogen) atoms. The van der Waals surface area contributed by atoms with Gasteiger partial charge in [0.2, 0.25) is 0 Å². The van der Waals surface area contributed by atoms with E-state index in [1.165, 1.54) is 17.0 Å². The minimum Gasteiger partial charge on any atom is -0.333 e. The Hall–Kier alpha value is -2.94. The van der Waals surface area contributed by atoms with Crippen molar-refractivity contribution >= 4 is 15.7 Å². The molecule has 2 aromatic rings. The second kappa shape index (κ2) is 9.28. The van der Waals surface area contributed by atoms with E-state index in [1.807, 2.05) is 6.07 Å². The molecular formula is C20H20F4N4O3S. The molecule has 12 heteroatoms. The zero-order chi connectivity index (χ0) is 23.5. The maximum atomic E-state index is 14.3. The summed E-state index contributed by atoms with van der Waals surface area (Å²) in [6, 6.07) is 6.09. The number of nitrogens with zero attached hydrogens (tertiary/aromatic N) is 3. The summed E-state index contributed by atoms with van der Waals surface area (Å²) in [4.78, 5) is 14.1. The van der Waals surface area contributed by atoms with Crippen LogP contribution in [0.4, 0.5) is 17.6 Å². The first kappa shape index (κ1) is 23.7. The summed E-state index contributed by atoms with van der Waals surface area (Å²) >= 11 is 0. The number of amides is 1. The Kier molecular flexibility index (Phi) is 6.88. The fourth-order valence-corrected chi connectivity index (χ4v) is 5.12. The Labute approximate surface area is 181 Å². The lowest BCUT2D eigenvalue weighted by Crippen LogP contribution is -2.34. The number of benzene rings is 1. The van der Waals surface area contributed by atoms with Crippen LogP contribution in [-0.2, 0) is 22.6 Å². The van der Waals surface area contributed by atoms with E-state index < -0.39 is 39.1 Å². The van der Waals surface area contributed by atoms with Gasteiger partial charge in [-0.15, -0.1) is 0 Å². The summed E-state index contributed by atoms with van der Waals surface area (Å²) in [5.41, 5.74) is -1.45. The van der Waals surface area contributed by atoms with Crippen molar-refractivity contribution in [1.29, 1.82) is 5.26 Å². The van der Waals surface area contributed by atoms with Crippen molar-refractivity contribution in [2.24, 2.45) is 5.92 Å². The number of aromatic nitrogens is 2. The molecule has 0 aliphatic carbocycles. The quantitative estimate of drug-likeness (QED) is 0.650. The highest BCUT2D eigenvalue weighted by atomic mass is 32.2. The molecule has 0 unspecified atom stereocenters. The first-order valence-corrected chi connectivity index (χ1v) is 11.6. The van der Waals surface area contributed by atoms with Crippen LogP contribution < -0.4 is 0 Å². The van der Waals surface area contributed by atoms with E-state index in [2.05, 4.69) is 5.10 Å². The molecule has 1 aliphatic rings. The summed E-state index contributed by atoms with van der Waals surface area (Å²) in [5.74, 6) is -1.41. The standard InChI is InChI=1S/C20H20F4N4O3S/c21-16-2-1-14(11-25)9-15(16)12-28(6-3-13-4-7-32(30,31)8-5-13)19(29)17-10-18(27-26-17)20(22,23)24/h1-2,9-10,13H,3-8,12H2,(H,26,27). The van der Waals surface area contributed by atoms with Crippen LogP contribution in [0.1, 0.15) is 46.6 Å². The molecule has 1 aromatic carbocycles. The third-order valence-electron chi connectivity index (χ3n) is 5.41. The molecule has 1 aromatic heterocycles. The predicted octanol–water partition coefficient (Wildman–Crippen LogP) is 3.30. The van der Waals surface area contributed by atoms with Gasteiger partial charge in [-0.1, -0.05) is 0 Å². The maximum Gasteiger partial charge on any atom is 0.432 e. The van der Waals surface area contributed by atoms with E-state index in [4.69, 9.17) is 5.26 Å². The van der Waals surface area contributed by atoms with Crippen molar-refractivity contribution < 1.29 is 30.8 Å². The minimum atomic E-state index is -4.71. The lowest BCUT2D eigenvalue weighted by molar-refractivity contribution is -0.141. The van der Waals surface area contributed by atoms with E-state index in [-0.39, 0.29) is 41.6 Å². The molecule has 0 atom stereocenters. The normalized spacial score (nSPS) is 16.5. The molecule has 0 saturated carbocycles. The molecule has 172 valence electrons. The van der Waals surface area contributed by atoms with Crippen molar-refractivity contribution in [2.75, 3.05) is 18.1 Å². The topological polar surface area (TPSA) is 107 Å². The Morgan fingerprint density at radius 3 is 2.53 bits per heavy atom. The van der Waals surface area contributed by atoms with E-state index in [9.17, 15) is 30.8 Å². The Bertz CT molecular complexity index is 1120. The number of H-pyrrole nitrogens is 1. The number of hydrogen-bond acceptors (Lipinski definition) is 5. The molecule has 0 radical (unpaired) electrons. The van der Waals surface area contributed by atoms with Gasteiger partial charge in [-0.3, -0.25) is 9.89 Å². The first-order valence-electron chi connectivity index (χ1n) is 9.79. The number of alkyl halides is 3. The van der Waals surface area contributed by atoms with Crippen LogP contribution in [0.2, 0.25) is 0 Å². The number of hydrogen-bond donors (Lipinski definition) is 1. The van der Waals surface area contributed by atoms with Crippen LogP contribution >= 0.6 is 0 Å². The van der Waals surface area contributed by atoms with Gasteiger partial charge in [-0.05, 0) is 43.4 Å². The van der Waals surface area contributed by atoms with Crippen molar-refractivity contribution in [2.45, 2.75) is 32.0 Å². The van der Waals surface area contributed by atoms with Gasteiger partial charge >= 0.3 is 6.18 Å². The van der Waals surface area contributed by atoms with Crippen molar-refractivity contribution in [3.63, 3.8) is 0 Å². The molecule has 0 spiro atoms. The second-order valence-corrected chi connectivity index (χ2v) is 10.00. The Morgan fingerprint density at radius 2 is 1.94 bits per heavy atom. The number of rotatable bonds is 6. The number of nitriles is 1. The second-order valence-electron chi connectivity index (χ2n) is 7.69. The van der Waals surface area contributed by atoms with Gasteiger partial charge < -0.3 is 4.90 Å². The van der Waals surface area contributed by atoms with Crippen molar-refractivity contribution in [3.05, 3.63) is 52.6 Å². The molecule has 0 bridgehead atoms. The van der Waals surface area contributed by atoms with Gasteiger partial charge in [0.15, 0.2) is 5.69 Å². The zero-order valence-electron chi connectivity index (χ0n) is 16.8. The number of sulfone groups is 1. The highest BCUT2D eigenvalue weighted by molar-refractivity contribution is 7.91. The molecule has 2 heterocycles. The first-order chi connectivity index (χ1) is 15.0. The number of halogens is 4. The largest absolute Gasteiger partial charge is 0.432 e. The number of aromatic amines is 1. The zero-order valence-corrected chi connectivity index (χ0v) is 17.6. The van der Waals surface area contributed by atoms with Gasteiger partial charge in [0, 0.05) is 24.7 Å². The lowest BCUT2D eigenvalue weighted by Gasteiger charge is -2.27. The molecule has 7 nitrogen and oxygen atoms in total. The summed E-state index contributed by atoms with van der Waals surface area (Å²) < 4.78 is 76.1. The van der Waals surface area contributed by atoms with Crippen LogP contribution in [0, 0.1) is 23.1 Å². The number of nitrogens with one attached hydrogen (secondary N) is 1. The summed E-state index contributed by atoms with van der Waals surface area (Å²) in [6.45, 7) is -0.215. The molecule has 1 saturated heterocycles. The highest BCUT2D eigenvalue weighted by Gasteiger charge is 2.34. The average Bonchev–Trinajstić information content (AvgIpc) is 3.23. The van der Waals surface area contributed by atoms with Gasteiger partial charge in [0.05, 0.1) is 23.1 Å². The molecule has 1 aliphatic heterocycles. The van der Waals surface area contributed by atoms with Crippen LogP contribution in [0.3, 0.4) is 0 Å². The minimum absolute atomic E-state index is 0.00837. The van der Waals surface area contributed by atoms with Crippen LogP contribution in [0.15, 0.2) is 24.3 Å².